The Kier molecular flexibility index (Phi) is 3.23. The first-order chi connectivity index (χ1) is 10.2. The summed E-state index contributed by atoms with van der Waals surface area (Å²) < 4.78 is 6.54. The van der Waals surface area contributed by atoms with Crippen molar-refractivity contribution in [3.63, 3.8) is 0 Å². The molecule has 0 atom stereocenters. The van der Waals surface area contributed by atoms with Crippen molar-refractivity contribution < 1.29 is 9.53 Å². The van der Waals surface area contributed by atoms with Gasteiger partial charge in [0.05, 0.1) is 18.4 Å². The van der Waals surface area contributed by atoms with E-state index in [1.807, 2.05) is 0 Å². The summed E-state index contributed by atoms with van der Waals surface area (Å²) in [7, 11) is 1.59. The lowest BCUT2D eigenvalue weighted by atomic mass is 10.2. The van der Waals surface area contributed by atoms with E-state index in [2.05, 4.69) is 20.4 Å². The molecule has 1 amide bonds. The van der Waals surface area contributed by atoms with Crippen LogP contribution in [0.3, 0.4) is 0 Å². The molecule has 0 radical (unpaired) electrons. The van der Waals surface area contributed by atoms with Crippen molar-refractivity contribution >= 4 is 17.4 Å². The normalized spacial score (nSPS) is 10.6. The van der Waals surface area contributed by atoms with E-state index in [-0.39, 0.29) is 5.91 Å². The Bertz CT molecular complexity index is 795. The largest absolute Gasteiger partial charge is 0.497 e. The highest BCUT2D eigenvalue weighted by Crippen LogP contribution is 2.16. The van der Waals surface area contributed by atoms with E-state index in [9.17, 15) is 4.79 Å². The molecule has 1 N–H and O–H groups in total. The van der Waals surface area contributed by atoms with Crippen LogP contribution in [0.4, 0.5) is 5.69 Å². The third-order valence-corrected chi connectivity index (χ3v) is 3.06. The number of hydrogen-bond acceptors (Lipinski definition) is 5. The molecule has 106 valence electrons. The Morgan fingerprint density at radius 3 is 2.76 bits per heavy atom. The van der Waals surface area contributed by atoms with Crippen LogP contribution in [0.25, 0.3) is 5.78 Å². The quantitative estimate of drug-likeness (QED) is 0.791. The molecule has 2 heterocycles. The van der Waals surface area contributed by atoms with Crippen LogP contribution < -0.4 is 10.1 Å². The van der Waals surface area contributed by atoms with Gasteiger partial charge in [-0.05, 0) is 31.2 Å². The minimum Gasteiger partial charge on any atom is -0.497 e. The Labute approximate surface area is 120 Å². The van der Waals surface area contributed by atoms with Crippen LogP contribution in [0.2, 0.25) is 0 Å². The van der Waals surface area contributed by atoms with Crippen LogP contribution in [0.1, 0.15) is 16.1 Å². The molecule has 7 heteroatoms. The van der Waals surface area contributed by atoms with Gasteiger partial charge in [-0.25, -0.2) is 9.50 Å². The molecule has 0 fully saturated rings. The molecule has 3 aromatic rings. The number of rotatable bonds is 3. The van der Waals surface area contributed by atoms with Crippen molar-refractivity contribution in [3.05, 3.63) is 48.0 Å². The summed E-state index contributed by atoms with van der Waals surface area (Å²) in [4.78, 5) is 20.5. The van der Waals surface area contributed by atoms with Crippen LogP contribution >= 0.6 is 0 Å². The number of aryl methyl sites for hydroxylation is 1. The van der Waals surface area contributed by atoms with E-state index in [4.69, 9.17) is 4.74 Å². The van der Waals surface area contributed by atoms with E-state index in [1.165, 1.54) is 10.8 Å². The van der Waals surface area contributed by atoms with Crippen LogP contribution in [0.5, 0.6) is 5.75 Å². The number of aromatic nitrogens is 4. The molecule has 0 unspecified atom stereocenters. The summed E-state index contributed by atoms with van der Waals surface area (Å²) in [6.45, 7) is 1.76. The fraction of sp³-hybridized carbons (Fsp3) is 0.143. The Hall–Kier alpha value is -2.96. The number of carbonyl (C=O) groups is 1. The lowest BCUT2D eigenvalue weighted by Crippen LogP contribution is -2.15. The Balaban J connectivity index is 1.87. The predicted octanol–water partition coefficient (Wildman–Crippen LogP) is 1.69. The topological polar surface area (TPSA) is 81.4 Å². The Morgan fingerprint density at radius 1 is 1.29 bits per heavy atom. The second-order valence-corrected chi connectivity index (χ2v) is 4.43. The molecule has 7 nitrogen and oxygen atoms in total. The maximum absolute atomic E-state index is 12.3. The SMILES string of the molecule is COc1ccc(NC(=O)c2cn3ncnc3nc2C)cc1. The van der Waals surface area contributed by atoms with Gasteiger partial charge in [-0.2, -0.15) is 10.1 Å². The third kappa shape index (κ3) is 2.53. The summed E-state index contributed by atoms with van der Waals surface area (Å²) in [5, 5.41) is 6.79. The summed E-state index contributed by atoms with van der Waals surface area (Å²) in [6.07, 6.45) is 3.01. The zero-order chi connectivity index (χ0) is 14.8. The lowest BCUT2D eigenvalue weighted by molar-refractivity contribution is 0.102. The summed E-state index contributed by atoms with van der Waals surface area (Å²) in [5.74, 6) is 0.950. The second kappa shape index (κ2) is 5.20. The number of hydrogen-bond donors (Lipinski definition) is 1. The summed E-state index contributed by atoms with van der Waals surface area (Å²) in [5.41, 5.74) is 1.73. The number of benzene rings is 1. The van der Waals surface area contributed by atoms with Crippen molar-refractivity contribution in [2.24, 2.45) is 0 Å². The maximum Gasteiger partial charge on any atom is 0.259 e. The molecular formula is C14H13N5O2. The first-order valence-electron chi connectivity index (χ1n) is 6.30. The fourth-order valence-electron chi connectivity index (χ4n) is 1.94. The molecule has 21 heavy (non-hydrogen) atoms. The van der Waals surface area contributed by atoms with Crippen LogP contribution in [0, 0.1) is 6.92 Å². The van der Waals surface area contributed by atoms with Gasteiger partial charge in [0, 0.05) is 11.9 Å². The van der Waals surface area contributed by atoms with Gasteiger partial charge in [-0.1, -0.05) is 0 Å². The zero-order valence-corrected chi connectivity index (χ0v) is 11.6. The summed E-state index contributed by atoms with van der Waals surface area (Å²) in [6, 6.07) is 7.10. The highest BCUT2D eigenvalue weighted by Gasteiger charge is 2.13. The van der Waals surface area contributed by atoms with Crippen molar-refractivity contribution in [3.8, 4) is 5.75 Å². The number of methoxy groups -OCH3 is 1. The van der Waals surface area contributed by atoms with Crippen molar-refractivity contribution in [2.45, 2.75) is 6.92 Å². The Morgan fingerprint density at radius 2 is 2.05 bits per heavy atom. The summed E-state index contributed by atoms with van der Waals surface area (Å²) >= 11 is 0. The molecule has 2 aromatic heterocycles. The first kappa shape index (κ1) is 13.0. The number of nitrogens with one attached hydrogen (secondary N) is 1. The van der Waals surface area contributed by atoms with Gasteiger partial charge in [0.1, 0.15) is 12.1 Å². The van der Waals surface area contributed by atoms with Crippen molar-refractivity contribution in [2.75, 3.05) is 12.4 Å². The maximum atomic E-state index is 12.3. The molecule has 3 rings (SSSR count). The van der Waals surface area contributed by atoms with Gasteiger partial charge in [0.2, 0.25) is 0 Å². The molecule has 0 aliphatic heterocycles. The lowest BCUT2D eigenvalue weighted by Gasteiger charge is -2.08. The van der Waals surface area contributed by atoms with Gasteiger partial charge in [-0.15, -0.1) is 0 Å². The standard InChI is InChI=1S/C14H13N5O2/c1-9-12(7-19-14(17-9)15-8-16-19)13(20)18-10-3-5-11(21-2)6-4-10/h3-8H,1-2H3,(H,18,20). The van der Waals surface area contributed by atoms with E-state index < -0.39 is 0 Å². The van der Waals surface area contributed by atoms with E-state index >= 15 is 0 Å². The minimum atomic E-state index is -0.248. The molecule has 0 saturated heterocycles. The monoisotopic (exact) mass is 283 g/mol. The number of ether oxygens (including phenoxy) is 1. The smallest absolute Gasteiger partial charge is 0.259 e. The predicted molar refractivity (Wildman–Crippen MR) is 76.5 cm³/mol. The van der Waals surface area contributed by atoms with E-state index in [0.29, 0.717) is 22.7 Å². The average Bonchev–Trinajstić information content (AvgIpc) is 2.94. The van der Waals surface area contributed by atoms with E-state index in [1.54, 1.807) is 44.5 Å². The number of anilines is 1. The second-order valence-electron chi connectivity index (χ2n) is 4.43. The van der Waals surface area contributed by atoms with Gasteiger partial charge < -0.3 is 10.1 Å². The number of fused-ring (bicyclic) bond motifs is 1. The molecule has 0 saturated carbocycles. The zero-order valence-electron chi connectivity index (χ0n) is 11.6. The van der Waals surface area contributed by atoms with Crippen molar-refractivity contribution in [1.29, 1.82) is 0 Å². The highest BCUT2D eigenvalue weighted by atomic mass is 16.5. The number of carbonyl (C=O) groups excluding carboxylic acids is 1. The fourth-order valence-corrected chi connectivity index (χ4v) is 1.94. The molecule has 0 bridgehead atoms. The minimum absolute atomic E-state index is 0.248. The number of amides is 1. The van der Waals surface area contributed by atoms with Crippen LogP contribution in [0.15, 0.2) is 36.8 Å². The van der Waals surface area contributed by atoms with Crippen LogP contribution in [-0.2, 0) is 0 Å². The highest BCUT2D eigenvalue weighted by molar-refractivity contribution is 6.04. The third-order valence-electron chi connectivity index (χ3n) is 3.06. The molecule has 0 spiro atoms. The van der Waals surface area contributed by atoms with Crippen molar-refractivity contribution in [1.82, 2.24) is 19.6 Å². The average molecular weight is 283 g/mol. The van der Waals surface area contributed by atoms with Crippen LogP contribution in [-0.4, -0.2) is 32.6 Å². The molecule has 0 aliphatic rings. The van der Waals surface area contributed by atoms with Gasteiger partial charge >= 0.3 is 0 Å². The van der Waals surface area contributed by atoms with Gasteiger partial charge in [-0.3, -0.25) is 4.79 Å². The van der Waals surface area contributed by atoms with Gasteiger partial charge in [0.25, 0.3) is 11.7 Å². The molecule has 0 aliphatic carbocycles. The molecular weight excluding hydrogens is 270 g/mol. The van der Waals surface area contributed by atoms with Gasteiger partial charge in [0.15, 0.2) is 0 Å². The first-order valence-corrected chi connectivity index (χ1v) is 6.30. The molecule has 1 aromatic carbocycles. The number of nitrogens with zero attached hydrogens (tertiary/aromatic N) is 4. The van der Waals surface area contributed by atoms with E-state index in [0.717, 1.165) is 5.75 Å².